The molecule has 1 N–H and O–H groups in total. The van der Waals surface area contributed by atoms with Crippen molar-refractivity contribution in [3.05, 3.63) is 87.9 Å². The number of fused-ring (bicyclic) bond motifs is 3. The maximum absolute atomic E-state index is 12.5. The molecule has 0 unspecified atom stereocenters. The molecule has 4 rings (SSSR count). The van der Waals surface area contributed by atoms with Crippen molar-refractivity contribution in [1.29, 1.82) is 0 Å². The van der Waals surface area contributed by atoms with Gasteiger partial charge >= 0.3 is 6.09 Å². The summed E-state index contributed by atoms with van der Waals surface area (Å²) in [5.74, 6) is 0.270. The number of benzene rings is 3. The van der Waals surface area contributed by atoms with Gasteiger partial charge in [-0.25, -0.2) is 4.79 Å². The normalized spacial score (nSPS) is 12.3. The molecule has 5 heteroatoms. The van der Waals surface area contributed by atoms with Gasteiger partial charge in [-0.05, 0) is 62.3 Å². The van der Waals surface area contributed by atoms with Crippen molar-refractivity contribution >= 4 is 22.0 Å². The molecule has 1 amide bonds. The maximum atomic E-state index is 12.5. The number of halogens is 1. The SMILES string of the molecule is CN(CCc1ccc(O)c(Br)c1)C(=O)OCC1c2ccccc2-c2ccccc21. The van der Waals surface area contributed by atoms with Crippen molar-refractivity contribution in [1.82, 2.24) is 4.90 Å². The monoisotopic (exact) mass is 451 g/mol. The van der Waals surface area contributed by atoms with Crippen LogP contribution in [0.2, 0.25) is 0 Å². The van der Waals surface area contributed by atoms with Gasteiger partial charge in [-0.15, -0.1) is 0 Å². The molecule has 4 nitrogen and oxygen atoms in total. The molecular formula is C24H22BrNO3. The molecule has 0 radical (unpaired) electrons. The number of rotatable bonds is 5. The number of hydrogen-bond acceptors (Lipinski definition) is 3. The molecule has 0 bridgehead atoms. The molecule has 0 saturated heterocycles. The van der Waals surface area contributed by atoms with E-state index in [1.165, 1.54) is 22.3 Å². The summed E-state index contributed by atoms with van der Waals surface area (Å²) in [5, 5.41) is 9.59. The first kappa shape index (κ1) is 19.5. The molecule has 1 aliphatic carbocycles. The Morgan fingerprint density at radius 2 is 1.66 bits per heavy atom. The fourth-order valence-corrected chi connectivity index (χ4v) is 4.22. The molecule has 0 aromatic heterocycles. The Labute approximate surface area is 178 Å². The van der Waals surface area contributed by atoms with Gasteiger partial charge in [-0.2, -0.15) is 0 Å². The number of carbonyl (C=O) groups is 1. The highest BCUT2D eigenvalue weighted by Gasteiger charge is 2.29. The Balaban J connectivity index is 1.38. The van der Waals surface area contributed by atoms with E-state index in [0.29, 0.717) is 24.0 Å². The first-order valence-electron chi connectivity index (χ1n) is 9.58. The third-order valence-corrected chi connectivity index (χ3v) is 6.03. The fraction of sp³-hybridized carbons (Fsp3) is 0.208. The Bertz CT molecular complexity index is 1000. The summed E-state index contributed by atoms with van der Waals surface area (Å²) in [6.45, 7) is 0.857. The highest BCUT2D eigenvalue weighted by Crippen LogP contribution is 2.44. The molecule has 29 heavy (non-hydrogen) atoms. The number of phenolic OH excluding ortho intramolecular Hbond substituents is 1. The number of hydrogen-bond donors (Lipinski definition) is 1. The van der Waals surface area contributed by atoms with Crippen LogP contribution in [0.5, 0.6) is 5.75 Å². The molecule has 0 heterocycles. The van der Waals surface area contributed by atoms with E-state index in [2.05, 4.69) is 40.2 Å². The van der Waals surface area contributed by atoms with Gasteiger partial charge in [-0.3, -0.25) is 0 Å². The highest BCUT2D eigenvalue weighted by atomic mass is 79.9. The summed E-state index contributed by atoms with van der Waals surface area (Å²) in [5.41, 5.74) is 5.88. The standard InChI is InChI=1S/C24H22BrNO3/c1-26(13-12-16-10-11-23(27)22(25)14-16)24(28)29-15-21-19-8-4-2-6-17(19)18-7-3-5-9-20(18)21/h2-11,14,21,27H,12-13,15H2,1H3. The van der Waals surface area contributed by atoms with E-state index in [-0.39, 0.29) is 17.8 Å². The van der Waals surface area contributed by atoms with E-state index in [4.69, 9.17) is 4.74 Å². The third kappa shape index (κ3) is 4.01. The Hall–Kier alpha value is -2.79. The summed E-state index contributed by atoms with van der Waals surface area (Å²) < 4.78 is 6.32. The van der Waals surface area contributed by atoms with Gasteiger partial charge in [0.1, 0.15) is 12.4 Å². The zero-order valence-electron chi connectivity index (χ0n) is 16.1. The van der Waals surface area contributed by atoms with E-state index >= 15 is 0 Å². The minimum Gasteiger partial charge on any atom is -0.507 e. The third-order valence-electron chi connectivity index (χ3n) is 5.40. The minimum atomic E-state index is -0.329. The first-order valence-corrected chi connectivity index (χ1v) is 10.4. The number of ether oxygens (including phenoxy) is 1. The molecule has 0 aliphatic heterocycles. The van der Waals surface area contributed by atoms with E-state index in [0.717, 1.165) is 5.56 Å². The smallest absolute Gasteiger partial charge is 0.409 e. The van der Waals surface area contributed by atoms with Crippen LogP contribution < -0.4 is 0 Å². The Kier molecular flexibility index (Phi) is 5.58. The van der Waals surface area contributed by atoms with Gasteiger partial charge in [-0.1, -0.05) is 54.6 Å². The van der Waals surface area contributed by atoms with Crippen LogP contribution in [-0.4, -0.2) is 36.3 Å². The van der Waals surface area contributed by atoms with Gasteiger partial charge in [0.25, 0.3) is 0 Å². The van der Waals surface area contributed by atoms with E-state index < -0.39 is 0 Å². The molecule has 0 atom stereocenters. The van der Waals surface area contributed by atoms with Crippen LogP contribution in [0, 0.1) is 0 Å². The summed E-state index contributed by atoms with van der Waals surface area (Å²) in [6, 6.07) is 22.0. The van der Waals surface area contributed by atoms with Crippen LogP contribution in [0.25, 0.3) is 11.1 Å². The van der Waals surface area contributed by atoms with Crippen LogP contribution in [-0.2, 0) is 11.2 Å². The van der Waals surface area contributed by atoms with Crippen LogP contribution >= 0.6 is 15.9 Å². The summed E-state index contributed by atoms with van der Waals surface area (Å²) in [4.78, 5) is 14.1. The second-order valence-corrected chi connectivity index (χ2v) is 8.12. The molecule has 148 valence electrons. The number of phenols is 1. The summed E-state index contributed by atoms with van der Waals surface area (Å²) >= 11 is 3.32. The largest absolute Gasteiger partial charge is 0.507 e. The van der Waals surface area contributed by atoms with E-state index in [1.807, 2.05) is 36.4 Å². The molecule has 0 saturated carbocycles. The van der Waals surface area contributed by atoms with Crippen molar-refractivity contribution in [2.75, 3.05) is 20.2 Å². The lowest BCUT2D eigenvalue weighted by atomic mass is 9.98. The van der Waals surface area contributed by atoms with Crippen LogP contribution in [0.15, 0.2) is 71.2 Å². The van der Waals surface area contributed by atoms with E-state index in [1.54, 1.807) is 18.0 Å². The lowest BCUT2D eigenvalue weighted by Crippen LogP contribution is -2.30. The molecule has 0 fully saturated rings. The molecule has 1 aliphatic rings. The Morgan fingerprint density at radius 1 is 1.03 bits per heavy atom. The number of aromatic hydroxyl groups is 1. The highest BCUT2D eigenvalue weighted by molar-refractivity contribution is 9.10. The average molecular weight is 452 g/mol. The van der Waals surface area contributed by atoms with Crippen molar-refractivity contribution in [2.24, 2.45) is 0 Å². The quantitative estimate of drug-likeness (QED) is 0.550. The van der Waals surface area contributed by atoms with Crippen molar-refractivity contribution in [3.63, 3.8) is 0 Å². The van der Waals surface area contributed by atoms with Crippen LogP contribution in [0.4, 0.5) is 4.79 Å². The molecule has 3 aromatic carbocycles. The average Bonchev–Trinajstić information content (AvgIpc) is 3.06. The van der Waals surface area contributed by atoms with Crippen molar-refractivity contribution in [3.8, 4) is 16.9 Å². The number of nitrogens with zero attached hydrogens (tertiary/aromatic N) is 1. The van der Waals surface area contributed by atoms with Gasteiger partial charge in [0.15, 0.2) is 0 Å². The molecular weight excluding hydrogens is 430 g/mol. The summed E-state index contributed by atoms with van der Waals surface area (Å²) in [7, 11) is 1.74. The number of amides is 1. The number of likely N-dealkylation sites (N-methyl/N-ethyl adjacent to an activating group) is 1. The van der Waals surface area contributed by atoms with Gasteiger partial charge < -0.3 is 14.7 Å². The lowest BCUT2D eigenvalue weighted by molar-refractivity contribution is 0.109. The van der Waals surface area contributed by atoms with Crippen molar-refractivity contribution < 1.29 is 14.6 Å². The maximum Gasteiger partial charge on any atom is 0.409 e. The topological polar surface area (TPSA) is 49.8 Å². The van der Waals surface area contributed by atoms with Crippen LogP contribution in [0.1, 0.15) is 22.6 Å². The van der Waals surface area contributed by atoms with E-state index in [9.17, 15) is 9.90 Å². The predicted octanol–water partition coefficient (Wildman–Crippen LogP) is 5.58. The summed E-state index contributed by atoms with van der Waals surface area (Å²) in [6.07, 6.45) is 0.351. The lowest BCUT2D eigenvalue weighted by Gasteiger charge is -2.20. The first-order chi connectivity index (χ1) is 14.0. The number of carbonyl (C=O) groups excluding carboxylic acids is 1. The fourth-order valence-electron chi connectivity index (χ4n) is 3.80. The predicted molar refractivity (Wildman–Crippen MR) is 117 cm³/mol. The Morgan fingerprint density at radius 3 is 2.28 bits per heavy atom. The second-order valence-electron chi connectivity index (χ2n) is 7.26. The molecule has 0 spiro atoms. The minimum absolute atomic E-state index is 0.0628. The van der Waals surface area contributed by atoms with Crippen molar-refractivity contribution in [2.45, 2.75) is 12.3 Å². The van der Waals surface area contributed by atoms with Crippen LogP contribution in [0.3, 0.4) is 0 Å². The van der Waals surface area contributed by atoms with Gasteiger partial charge in [0.2, 0.25) is 0 Å². The zero-order chi connectivity index (χ0) is 20.4. The van der Waals surface area contributed by atoms with Gasteiger partial charge in [0.05, 0.1) is 4.47 Å². The second kappa shape index (κ2) is 8.29. The zero-order valence-corrected chi connectivity index (χ0v) is 17.7. The van der Waals surface area contributed by atoms with Gasteiger partial charge in [0, 0.05) is 19.5 Å². The molecule has 3 aromatic rings.